The fraction of sp³-hybridized carbons (Fsp3) is 0.600. The zero-order valence-corrected chi connectivity index (χ0v) is 8.87. The molecule has 1 rings (SSSR count). The molecule has 0 aromatic carbocycles. The Morgan fingerprint density at radius 1 is 1.57 bits per heavy atom. The predicted octanol–water partition coefficient (Wildman–Crippen LogP) is 1.62. The van der Waals surface area contributed by atoms with Gasteiger partial charge in [0.25, 0.3) is 5.56 Å². The van der Waals surface area contributed by atoms with Gasteiger partial charge in [0.15, 0.2) is 5.82 Å². The zero-order valence-electron chi connectivity index (χ0n) is 8.87. The van der Waals surface area contributed by atoms with Gasteiger partial charge in [-0.15, -0.1) is 0 Å². The SMILES string of the molecule is CCC(Nc1ncc[nH]c1=O)C(C)C. The summed E-state index contributed by atoms with van der Waals surface area (Å²) in [5.74, 6) is 0.898. The molecule has 4 nitrogen and oxygen atoms in total. The van der Waals surface area contributed by atoms with Crippen LogP contribution in [0.25, 0.3) is 0 Å². The van der Waals surface area contributed by atoms with E-state index >= 15 is 0 Å². The van der Waals surface area contributed by atoms with E-state index in [-0.39, 0.29) is 5.56 Å². The van der Waals surface area contributed by atoms with Crippen LogP contribution in [0.1, 0.15) is 27.2 Å². The van der Waals surface area contributed by atoms with E-state index < -0.39 is 0 Å². The minimum absolute atomic E-state index is 0.161. The third kappa shape index (κ3) is 2.58. The second-order valence-electron chi connectivity index (χ2n) is 3.67. The minimum Gasteiger partial charge on any atom is -0.363 e. The summed E-state index contributed by atoms with van der Waals surface area (Å²) < 4.78 is 0. The van der Waals surface area contributed by atoms with Gasteiger partial charge in [0.05, 0.1) is 0 Å². The molecule has 14 heavy (non-hydrogen) atoms. The molecule has 0 amide bonds. The van der Waals surface area contributed by atoms with Crippen LogP contribution in [-0.2, 0) is 0 Å². The van der Waals surface area contributed by atoms with Gasteiger partial charge < -0.3 is 10.3 Å². The predicted molar refractivity (Wildman–Crippen MR) is 57.4 cm³/mol. The number of aromatic amines is 1. The van der Waals surface area contributed by atoms with Gasteiger partial charge in [-0.25, -0.2) is 4.98 Å². The van der Waals surface area contributed by atoms with Gasteiger partial charge in [-0.3, -0.25) is 4.79 Å². The maximum absolute atomic E-state index is 11.3. The van der Waals surface area contributed by atoms with Crippen LogP contribution in [0.2, 0.25) is 0 Å². The molecule has 1 unspecified atom stereocenters. The second-order valence-corrected chi connectivity index (χ2v) is 3.67. The van der Waals surface area contributed by atoms with Crippen LogP contribution in [0, 0.1) is 5.92 Å². The van der Waals surface area contributed by atoms with Crippen molar-refractivity contribution in [3.63, 3.8) is 0 Å². The molecular weight excluding hydrogens is 178 g/mol. The first-order valence-corrected chi connectivity index (χ1v) is 4.95. The summed E-state index contributed by atoms with van der Waals surface area (Å²) in [6.07, 6.45) is 4.09. The first kappa shape index (κ1) is 10.8. The molecule has 0 saturated heterocycles. The van der Waals surface area contributed by atoms with Gasteiger partial charge in [0.1, 0.15) is 0 Å². The minimum atomic E-state index is -0.161. The molecule has 0 aliphatic carbocycles. The Bertz CT molecular complexity index is 332. The Kier molecular flexibility index (Phi) is 3.68. The highest BCUT2D eigenvalue weighted by molar-refractivity contribution is 5.31. The van der Waals surface area contributed by atoms with Crippen molar-refractivity contribution in [3.8, 4) is 0 Å². The fourth-order valence-electron chi connectivity index (χ4n) is 1.37. The van der Waals surface area contributed by atoms with Crippen molar-refractivity contribution < 1.29 is 0 Å². The van der Waals surface area contributed by atoms with Crippen molar-refractivity contribution in [2.24, 2.45) is 5.92 Å². The lowest BCUT2D eigenvalue weighted by Crippen LogP contribution is -2.28. The number of nitrogens with zero attached hydrogens (tertiary/aromatic N) is 1. The van der Waals surface area contributed by atoms with Crippen molar-refractivity contribution in [1.29, 1.82) is 0 Å². The maximum Gasteiger partial charge on any atom is 0.290 e. The molecule has 4 heteroatoms. The summed E-state index contributed by atoms with van der Waals surface area (Å²) in [5, 5.41) is 3.14. The standard InChI is InChI=1S/C10H17N3O/c1-4-8(7(2)3)13-9-10(14)12-6-5-11-9/h5-8H,4H2,1-3H3,(H,11,13)(H,12,14). The summed E-state index contributed by atoms with van der Waals surface area (Å²) in [6.45, 7) is 6.34. The first-order chi connectivity index (χ1) is 6.65. The molecular formula is C10H17N3O. The Morgan fingerprint density at radius 3 is 2.79 bits per heavy atom. The summed E-state index contributed by atoms with van der Waals surface area (Å²) in [4.78, 5) is 17.9. The topological polar surface area (TPSA) is 57.8 Å². The molecule has 0 saturated carbocycles. The number of nitrogens with one attached hydrogen (secondary N) is 2. The van der Waals surface area contributed by atoms with E-state index in [0.717, 1.165) is 6.42 Å². The molecule has 0 bridgehead atoms. The lowest BCUT2D eigenvalue weighted by molar-refractivity contribution is 0.509. The molecule has 0 aliphatic rings. The molecule has 0 fully saturated rings. The van der Waals surface area contributed by atoms with Crippen molar-refractivity contribution in [3.05, 3.63) is 22.7 Å². The van der Waals surface area contributed by atoms with Crippen LogP contribution in [0.15, 0.2) is 17.2 Å². The Balaban J connectivity index is 2.77. The molecule has 2 N–H and O–H groups in total. The third-order valence-electron chi connectivity index (χ3n) is 2.27. The van der Waals surface area contributed by atoms with Crippen LogP contribution in [0.3, 0.4) is 0 Å². The highest BCUT2D eigenvalue weighted by Gasteiger charge is 2.12. The molecule has 0 aliphatic heterocycles. The molecule has 78 valence electrons. The van der Waals surface area contributed by atoms with Gasteiger partial charge >= 0.3 is 0 Å². The van der Waals surface area contributed by atoms with Crippen molar-refractivity contribution >= 4 is 5.82 Å². The van der Waals surface area contributed by atoms with Crippen LogP contribution in [0.4, 0.5) is 5.82 Å². The smallest absolute Gasteiger partial charge is 0.290 e. The lowest BCUT2D eigenvalue weighted by Gasteiger charge is -2.20. The lowest BCUT2D eigenvalue weighted by atomic mass is 10.0. The normalized spacial score (nSPS) is 12.9. The molecule has 1 atom stereocenters. The van der Waals surface area contributed by atoms with Gasteiger partial charge in [0, 0.05) is 18.4 Å². The van der Waals surface area contributed by atoms with Crippen molar-refractivity contribution in [2.75, 3.05) is 5.32 Å². The Hall–Kier alpha value is -1.32. The number of anilines is 1. The van der Waals surface area contributed by atoms with E-state index in [1.165, 1.54) is 6.20 Å². The monoisotopic (exact) mass is 195 g/mol. The van der Waals surface area contributed by atoms with Crippen molar-refractivity contribution in [1.82, 2.24) is 9.97 Å². The summed E-state index contributed by atoms with van der Waals surface area (Å²) in [6, 6.07) is 0.297. The van der Waals surface area contributed by atoms with Crippen LogP contribution >= 0.6 is 0 Å². The van der Waals surface area contributed by atoms with E-state index in [0.29, 0.717) is 17.8 Å². The maximum atomic E-state index is 11.3. The van der Waals surface area contributed by atoms with Gasteiger partial charge in [0.2, 0.25) is 0 Å². The zero-order chi connectivity index (χ0) is 10.6. The highest BCUT2D eigenvalue weighted by Crippen LogP contribution is 2.09. The molecule has 0 spiro atoms. The first-order valence-electron chi connectivity index (χ1n) is 4.95. The van der Waals surface area contributed by atoms with E-state index in [2.05, 4.69) is 36.1 Å². The Morgan fingerprint density at radius 2 is 2.29 bits per heavy atom. The second kappa shape index (κ2) is 4.79. The summed E-state index contributed by atoms with van der Waals surface area (Å²) >= 11 is 0. The molecule has 1 heterocycles. The van der Waals surface area contributed by atoms with E-state index in [9.17, 15) is 4.79 Å². The van der Waals surface area contributed by atoms with E-state index in [1.54, 1.807) is 6.20 Å². The van der Waals surface area contributed by atoms with Gasteiger partial charge in [-0.05, 0) is 12.3 Å². The number of hydrogen-bond acceptors (Lipinski definition) is 3. The molecule has 1 aromatic heterocycles. The average molecular weight is 195 g/mol. The average Bonchev–Trinajstić information content (AvgIpc) is 2.16. The molecule has 0 radical (unpaired) electrons. The highest BCUT2D eigenvalue weighted by atomic mass is 16.1. The van der Waals surface area contributed by atoms with Gasteiger partial charge in [-0.1, -0.05) is 20.8 Å². The quantitative estimate of drug-likeness (QED) is 0.767. The largest absolute Gasteiger partial charge is 0.363 e. The number of aromatic nitrogens is 2. The van der Waals surface area contributed by atoms with Crippen LogP contribution in [0.5, 0.6) is 0 Å². The van der Waals surface area contributed by atoms with E-state index in [1.807, 2.05) is 0 Å². The van der Waals surface area contributed by atoms with Crippen LogP contribution in [-0.4, -0.2) is 16.0 Å². The van der Waals surface area contributed by atoms with Crippen molar-refractivity contribution in [2.45, 2.75) is 33.2 Å². The van der Waals surface area contributed by atoms with Gasteiger partial charge in [-0.2, -0.15) is 0 Å². The number of hydrogen-bond donors (Lipinski definition) is 2. The fourth-order valence-corrected chi connectivity index (χ4v) is 1.37. The number of rotatable bonds is 4. The number of H-pyrrole nitrogens is 1. The molecule has 1 aromatic rings. The summed E-state index contributed by atoms with van der Waals surface area (Å²) in [7, 11) is 0. The van der Waals surface area contributed by atoms with Crippen LogP contribution < -0.4 is 10.9 Å². The summed E-state index contributed by atoms with van der Waals surface area (Å²) in [5.41, 5.74) is -0.161. The third-order valence-corrected chi connectivity index (χ3v) is 2.27. The van der Waals surface area contributed by atoms with E-state index in [4.69, 9.17) is 0 Å². The Labute approximate surface area is 83.8 Å².